The summed E-state index contributed by atoms with van der Waals surface area (Å²) in [5, 5.41) is 2.82. The van der Waals surface area contributed by atoms with E-state index in [-0.39, 0.29) is 12.5 Å². The van der Waals surface area contributed by atoms with Gasteiger partial charge < -0.3 is 19.7 Å². The van der Waals surface area contributed by atoms with Gasteiger partial charge in [0.05, 0.1) is 6.61 Å². The third-order valence-electron chi connectivity index (χ3n) is 3.70. The molecule has 0 saturated heterocycles. The highest BCUT2D eigenvalue weighted by molar-refractivity contribution is 5.78. The van der Waals surface area contributed by atoms with Crippen LogP contribution in [-0.4, -0.2) is 39.5 Å². The number of amides is 1. The lowest BCUT2D eigenvalue weighted by molar-refractivity contribution is -0.123. The standard InChI is InChI=1S/C20H24N2O4/c1-4-25-19-11-16(13-23)7-10-18(19)26-14-20(24)21-12-15-5-8-17(9-6-15)22(2)3/h5-11,13H,4,12,14H2,1-3H3,(H,21,24). The Morgan fingerprint density at radius 3 is 2.42 bits per heavy atom. The summed E-state index contributed by atoms with van der Waals surface area (Å²) in [5.74, 6) is 0.649. The predicted molar refractivity (Wildman–Crippen MR) is 101 cm³/mol. The summed E-state index contributed by atoms with van der Waals surface area (Å²) in [6.07, 6.45) is 0.737. The van der Waals surface area contributed by atoms with Gasteiger partial charge in [-0.25, -0.2) is 0 Å². The average molecular weight is 356 g/mol. The van der Waals surface area contributed by atoms with Crippen molar-refractivity contribution in [3.05, 3.63) is 53.6 Å². The van der Waals surface area contributed by atoms with Crippen molar-refractivity contribution in [1.29, 1.82) is 0 Å². The number of benzene rings is 2. The summed E-state index contributed by atoms with van der Waals surface area (Å²) in [7, 11) is 3.96. The summed E-state index contributed by atoms with van der Waals surface area (Å²) in [4.78, 5) is 24.9. The molecule has 0 aliphatic rings. The number of nitrogens with zero attached hydrogens (tertiary/aromatic N) is 1. The average Bonchev–Trinajstić information content (AvgIpc) is 2.65. The molecule has 2 aromatic carbocycles. The van der Waals surface area contributed by atoms with Crippen LogP contribution in [0, 0.1) is 0 Å². The van der Waals surface area contributed by atoms with Gasteiger partial charge in [-0.05, 0) is 42.8 Å². The van der Waals surface area contributed by atoms with Crippen LogP contribution in [0.3, 0.4) is 0 Å². The van der Waals surface area contributed by atoms with Crippen LogP contribution in [0.5, 0.6) is 11.5 Å². The minimum absolute atomic E-state index is 0.129. The van der Waals surface area contributed by atoms with E-state index in [0.717, 1.165) is 17.5 Å². The van der Waals surface area contributed by atoms with Gasteiger partial charge in [0.15, 0.2) is 18.1 Å². The summed E-state index contributed by atoms with van der Waals surface area (Å²) in [5.41, 5.74) is 2.60. The molecule has 0 saturated carbocycles. The van der Waals surface area contributed by atoms with Gasteiger partial charge in [0, 0.05) is 31.9 Å². The molecule has 2 aromatic rings. The van der Waals surface area contributed by atoms with E-state index in [1.54, 1.807) is 18.2 Å². The summed E-state index contributed by atoms with van der Waals surface area (Å²) < 4.78 is 11.0. The smallest absolute Gasteiger partial charge is 0.258 e. The molecule has 1 amide bonds. The summed E-state index contributed by atoms with van der Waals surface area (Å²) >= 11 is 0. The molecule has 0 radical (unpaired) electrons. The molecule has 0 aliphatic carbocycles. The molecular formula is C20H24N2O4. The highest BCUT2D eigenvalue weighted by atomic mass is 16.5. The molecule has 0 atom stereocenters. The van der Waals surface area contributed by atoms with E-state index in [1.807, 2.05) is 50.2 Å². The third kappa shape index (κ3) is 5.51. The molecular weight excluding hydrogens is 332 g/mol. The summed E-state index contributed by atoms with van der Waals surface area (Å²) in [6.45, 7) is 2.58. The Bertz CT molecular complexity index is 742. The number of aldehydes is 1. The van der Waals surface area contributed by atoms with E-state index in [0.29, 0.717) is 30.2 Å². The zero-order chi connectivity index (χ0) is 18.9. The quantitative estimate of drug-likeness (QED) is 0.700. The molecule has 0 aromatic heterocycles. The van der Waals surface area contributed by atoms with Crippen molar-refractivity contribution in [2.75, 3.05) is 32.2 Å². The van der Waals surface area contributed by atoms with Crippen molar-refractivity contribution in [3.8, 4) is 11.5 Å². The molecule has 26 heavy (non-hydrogen) atoms. The highest BCUT2D eigenvalue weighted by Crippen LogP contribution is 2.28. The second-order valence-electron chi connectivity index (χ2n) is 5.88. The van der Waals surface area contributed by atoms with Crippen molar-refractivity contribution >= 4 is 17.9 Å². The van der Waals surface area contributed by atoms with Crippen LogP contribution >= 0.6 is 0 Å². The van der Waals surface area contributed by atoms with Crippen LogP contribution in [0.1, 0.15) is 22.8 Å². The fraction of sp³-hybridized carbons (Fsp3) is 0.300. The predicted octanol–water partition coefficient (Wildman–Crippen LogP) is 2.66. The Labute approximate surface area is 153 Å². The number of anilines is 1. The first-order valence-corrected chi connectivity index (χ1v) is 8.41. The van der Waals surface area contributed by atoms with Crippen molar-refractivity contribution in [2.45, 2.75) is 13.5 Å². The number of rotatable bonds is 9. The number of carbonyl (C=O) groups is 2. The Balaban J connectivity index is 1.87. The number of carbonyl (C=O) groups excluding carboxylic acids is 2. The van der Waals surface area contributed by atoms with Crippen LogP contribution in [0.2, 0.25) is 0 Å². The van der Waals surface area contributed by atoms with Crippen LogP contribution in [0.25, 0.3) is 0 Å². The monoisotopic (exact) mass is 356 g/mol. The molecule has 0 bridgehead atoms. The van der Waals surface area contributed by atoms with E-state index in [9.17, 15) is 9.59 Å². The molecule has 0 unspecified atom stereocenters. The number of nitrogens with one attached hydrogen (secondary N) is 1. The van der Waals surface area contributed by atoms with E-state index >= 15 is 0 Å². The maximum absolute atomic E-state index is 12.0. The van der Waals surface area contributed by atoms with Gasteiger partial charge in [0.2, 0.25) is 0 Å². The van der Waals surface area contributed by atoms with Crippen LogP contribution in [0.15, 0.2) is 42.5 Å². The Kier molecular flexibility index (Phi) is 7.02. The SMILES string of the molecule is CCOc1cc(C=O)ccc1OCC(=O)NCc1ccc(N(C)C)cc1. The van der Waals surface area contributed by atoms with E-state index in [1.165, 1.54) is 0 Å². The molecule has 1 N–H and O–H groups in total. The minimum Gasteiger partial charge on any atom is -0.490 e. The number of ether oxygens (including phenoxy) is 2. The lowest BCUT2D eigenvalue weighted by Crippen LogP contribution is -2.28. The second kappa shape index (κ2) is 9.46. The highest BCUT2D eigenvalue weighted by Gasteiger charge is 2.09. The fourth-order valence-electron chi connectivity index (χ4n) is 2.29. The van der Waals surface area contributed by atoms with E-state index in [4.69, 9.17) is 9.47 Å². The van der Waals surface area contributed by atoms with Gasteiger partial charge in [-0.1, -0.05) is 12.1 Å². The van der Waals surface area contributed by atoms with Crippen molar-refractivity contribution in [2.24, 2.45) is 0 Å². The molecule has 6 heteroatoms. The lowest BCUT2D eigenvalue weighted by Gasteiger charge is -2.14. The largest absolute Gasteiger partial charge is 0.490 e. The van der Waals surface area contributed by atoms with Gasteiger partial charge in [-0.15, -0.1) is 0 Å². The first-order chi connectivity index (χ1) is 12.5. The Morgan fingerprint density at radius 1 is 1.08 bits per heavy atom. The van der Waals surface area contributed by atoms with Crippen LogP contribution in [-0.2, 0) is 11.3 Å². The molecule has 138 valence electrons. The van der Waals surface area contributed by atoms with Crippen molar-refractivity contribution in [1.82, 2.24) is 5.32 Å². The zero-order valence-electron chi connectivity index (χ0n) is 15.3. The molecule has 0 fully saturated rings. The topological polar surface area (TPSA) is 67.9 Å². The van der Waals surface area contributed by atoms with Crippen molar-refractivity contribution < 1.29 is 19.1 Å². The second-order valence-corrected chi connectivity index (χ2v) is 5.88. The van der Waals surface area contributed by atoms with E-state index < -0.39 is 0 Å². The zero-order valence-corrected chi connectivity index (χ0v) is 15.3. The first-order valence-electron chi connectivity index (χ1n) is 8.41. The number of hydrogen-bond acceptors (Lipinski definition) is 5. The Hall–Kier alpha value is -3.02. The first kappa shape index (κ1) is 19.3. The van der Waals surface area contributed by atoms with Crippen LogP contribution < -0.4 is 19.7 Å². The van der Waals surface area contributed by atoms with Gasteiger partial charge in [0.1, 0.15) is 6.29 Å². The van der Waals surface area contributed by atoms with E-state index in [2.05, 4.69) is 5.32 Å². The van der Waals surface area contributed by atoms with Gasteiger partial charge in [-0.2, -0.15) is 0 Å². The lowest BCUT2D eigenvalue weighted by atomic mass is 10.2. The maximum atomic E-state index is 12.0. The molecule has 0 spiro atoms. The van der Waals surface area contributed by atoms with Crippen LogP contribution in [0.4, 0.5) is 5.69 Å². The van der Waals surface area contributed by atoms with Gasteiger partial charge in [-0.3, -0.25) is 9.59 Å². The fourth-order valence-corrected chi connectivity index (χ4v) is 2.29. The number of hydrogen-bond donors (Lipinski definition) is 1. The molecule has 0 aliphatic heterocycles. The third-order valence-corrected chi connectivity index (χ3v) is 3.70. The molecule has 2 rings (SSSR count). The molecule has 0 heterocycles. The summed E-state index contributed by atoms with van der Waals surface area (Å²) in [6, 6.07) is 12.8. The Morgan fingerprint density at radius 2 is 1.81 bits per heavy atom. The molecule has 6 nitrogen and oxygen atoms in total. The normalized spacial score (nSPS) is 10.1. The maximum Gasteiger partial charge on any atom is 0.258 e. The van der Waals surface area contributed by atoms with Crippen molar-refractivity contribution in [3.63, 3.8) is 0 Å². The van der Waals surface area contributed by atoms with Gasteiger partial charge in [0.25, 0.3) is 5.91 Å². The minimum atomic E-state index is -0.233. The van der Waals surface area contributed by atoms with Gasteiger partial charge >= 0.3 is 0 Å².